The van der Waals surface area contributed by atoms with Crippen LogP contribution >= 0.6 is 0 Å². The van der Waals surface area contributed by atoms with Gasteiger partial charge < -0.3 is 28.7 Å². The topological polar surface area (TPSA) is 0 Å². The maximum absolute atomic E-state index is 3.77. The van der Waals surface area contributed by atoms with E-state index >= 15 is 0 Å². The summed E-state index contributed by atoms with van der Waals surface area (Å²) in [6.07, 6.45) is 20.0. The average molecular weight is 424 g/mol. The van der Waals surface area contributed by atoms with Crippen LogP contribution in [-0.2, 0) is 23.3 Å². The summed E-state index contributed by atoms with van der Waals surface area (Å²) in [5.74, 6) is 0. The molecule has 24 heavy (non-hydrogen) atoms. The summed E-state index contributed by atoms with van der Waals surface area (Å²) in [4.78, 5) is 0. The van der Waals surface area contributed by atoms with Crippen molar-refractivity contribution in [2.75, 3.05) is 0 Å². The van der Waals surface area contributed by atoms with E-state index in [1.807, 2.05) is 31.2 Å². The third-order valence-corrected chi connectivity index (χ3v) is 1.17. The molecule has 0 N–H and O–H groups in total. The van der Waals surface area contributed by atoms with E-state index in [1.165, 1.54) is 0 Å². The third-order valence-electron chi connectivity index (χ3n) is 1.17. The van der Waals surface area contributed by atoms with Crippen molar-refractivity contribution in [1.29, 1.82) is 0 Å². The second kappa shape index (κ2) is 23.1. The van der Waals surface area contributed by atoms with Crippen LogP contribution in [0, 0.1) is 51.7 Å². The average Bonchev–Trinajstić information content (AvgIpc) is 3.06. The number of rotatable bonds is 0. The van der Waals surface area contributed by atoms with Crippen molar-refractivity contribution in [3.05, 3.63) is 77.3 Å². The summed E-state index contributed by atoms with van der Waals surface area (Å²) in [5.41, 5.74) is 0.500. The van der Waals surface area contributed by atoms with Gasteiger partial charge in [-0.2, -0.15) is 23.0 Å². The van der Waals surface area contributed by atoms with Crippen LogP contribution in [0.3, 0.4) is 0 Å². The molecule has 0 aromatic heterocycles. The van der Waals surface area contributed by atoms with Gasteiger partial charge in [0.15, 0.2) is 0 Å². The molecule has 0 spiro atoms. The van der Waals surface area contributed by atoms with Gasteiger partial charge in [0.05, 0.1) is 0 Å². The van der Waals surface area contributed by atoms with Crippen LogP contribution < -0.4 is 0 Å². The van der Waals surface area contributed by atoms with Crippen molar-refractivity contribution >= 4 is 6.88 Å². The van der Waals surface area contributed by atoms with Crippen LogP contribution in [0.2, 0.25) is 0 Å². The zero-order valence-electron chi connectivity index (χ0n) is 17.5. The predicted molar refractivity (Wildman–Crippen MR) is 114 cm³/mol. The molecular weight excluding hydrogens is 384 g/mol. The Balaban J connectivity index is -0.0000000629. The standard InChI is InChI=1S/2C5H5.2C5H11.2CH3.H2Si.Zr/c2*1-2-4-5-3-1;2*1-5(2,3)4;;;;/h2*1-3H,4H2;2*1H2,2-4H3;2*1H3;1H2;/q6*-1;;. The van der Waals surface area contributed by atoms with Crippen LogP contribution in [0.1, 0.15) is 54.4 Å². The molecule has 0 nitrogen and oxygen atoms in total. The molecular formula is C22H40SiZr-6. The summed E-state index contributed by atoms with van der Waals surface area (Å²) in [6.45, 7) is 22.0. The monoisotopic (exact) mass is 422 g/mol. The fourth-order valence-electron chi connectivity index (χ4n) is 0.680. The molecule has 0 saturated heterocycles. The first kappa shape index (κ1) is 35.2. The van der Waals surface area contributed by atoms with E-state index in [-0.39, 0.29) is 25.7 Å². The molecule has 0 bridgehead atoms. The number of allylic oxidation sites excluding steroid dienone is 8. The van der Waals surface area contributed by atoms with Gasteiger partial charge in [0, 0.05) is 0 Å². The minimum atomic E-state index is 0. The van der Waals surface area contributed by atoms with E-state index in [2.05, 4.69) is 79.7 Å². The Morgan fingerprint density at radius 2 is 0.958 bits per heavy atom. The second-order valence-corrected chi connectivity index (χ2v) is 7.13. The molecule has 0 aromatic rings. The second-order valence-electron chi connectivity index (χ2n) is 7.13. The quantitative estimate of drug-likeness (QED) is 0.315. The van der Waals surface area contributed by atoms with E-state index in [1.54, 1.807) is 23.3 Å². The van der Waals surface area contributed by atoms with E-state index in [0.29, 0.717) is 0 Å². The molecule has 0 saturated carbocycles. The van der Waals surface area contributed by atoms with Crippen molar-refractivity contribution < 1.29 is 23.3 Å². The van der Waals surface area contributed by atoms with Gasteiger partial charge in [0.25, 0.3) is 0 Å². The molecule has 0 unspecified atom stereocenters. The van der Waals surface area contributed by atoms with E-state index in [0.717, 1.165) is 12.8 Å². The Hall–Kier alpha value is 0.0600. The maximum atomic E-state index is 3.77. The molecule has 0 aromatic carbocycles. The first-order chi connectivity index (χ1) is 10.0. The molecule has 0 fully saturated rings. The summed E-state index contributed by atoms with van der Waals surface area (Å²) in [6, 6.07) is 0. The van der Waals surface area contributed by atoms with Gasteiger partial charge in [-0.25, -0.2) is 24.3 Å². The van der Waals surface area contributed by atoms with Crippen molar-refractivity contribution in [3.63, 3.8) is 0 Å². The third kappa shape index (κ3) is 96.7. The van der Waals surface area contributed by atoms with E-state index < -0.39 is 0 Å². The summed E-state index contributed by atoms with van der Waals surface area (Å²) in [5, 5.41) is 0. The molecule has 2 aliphatic rings. The number of hydrogen-bond donors (Lipinski definition) is 0. The van der Waals surface area contributed by atoms with Gasteiger partial charge in [-0.1, -0.05) is 41.5 Å². The summed E-state index contributed by atoms with van der Waals surface area (Å²) in [7, 11) is 0. The van der Waals surface area contributed by atoms with Gasteiger partial charge in [-0.15, -0.1) is 12.8 Å². The molecule has 0 radical (unpaired) electrons. The molecule has 0 aliphatic heterocycles. The molecule has 2 aliphatic carbocycles. The zero-order valence-corrected chi connectivity index (χ0v) is 21.4. The van der Waals surface area contributed by atoms with Crippen LogP contribution in [0.4, 0.5) is 0 Å². The van der Waals surface area contributed by atoms with Crippen LogP contribution in [0.15, 0.2) is 36.5 Å². The Kier molecular flexibility index (Phi) is 33.8. The minimum absolute atomic E-state index is 0. The van der Waals surface area contributed by atoms with Crippen molar-refractivity contribution in [2.24, 2.45) is 10.8 Å². The van der Waals surface area contributed by atoms with Crippen molar-refractivity contribution in [2.45, 2.75) is 54.4 Å². The van der Waals surface area contributed by atoms with Crippen LogP contribution in [-0.4, -0.2) is 6.88 Å². The molecule has 2 rings (SSSR count). The fourth-order valence-corrected chi connectivity index (χ4v) is 0.680. The fraction of sp³-hybridized carbons (Fsp3) is 0.455. The van der Waals surface area contributed by atoms with Crippen LogP contribution in [0.25, 0.3) is 0 Å². The van der Waals surface area contributed by atoms with Gasteiger partial charge in [-0.05, 0) is 0 Å². The van der Waals surface area contributed by atoms with Crippen LogP contribution in [0.5, 0.6) is 0 Å². The SMILES string of the molecule is [C-]1=CC=CC1.[C-]1=CC=CC1.[CH2-]C(C)(C)C.[CH2-]C(C)(C)C.[CH3-].[CH3-].[SiH2]=[Zr]. The number of hydrogen-bond acceptors (Lipinski definition) is 0. The molecule has 142 valence electrons. The molecule has 0 atom stereocenters. The normalized spacial score (nSPS) is 12.5. The van der Waals surface area contributed by atoms with Gasteiger partial charge in [0.1, 0.15) is 0 Å². The van der Waals surface area contributed by atoms with E-state index in [4.69, 9.17) is 0 Å². The van der Waals surface area contributed by atoms with Crippen molar-refractivity contribution in [1.82, 2.24) is 0 Å². The Labute approximate surface area is 172 Å². The summed E-state index contributed by atoms with van der Waals surface area (Å²) < 4.78 is 0. The Morgan fingerprint density at radius 1 is 0.750 bits per heavy atom. The van der Waals surface area contributed by atoms with Gasteiger partial charge in [-0.3, -0.25) is 12.2 Å². The molecule has 2 heteroatoms. The van der Waals surface area contributed by atoms with Gasteiger partial charge >= 0.3 is 30.2 Å². The zero-order chi connectivity index (χ0) is 18.1. The first-order valence-electron chi connectivity index (χ1n) is 7.49. The Bertz CT molecular complexity index is 270. The Morgan fingerprint density at radius 3 is 1.00 bits per heavy atom. The molecule has 0 amide bonds. The van der Waals surface area contributed by atoms with E-state index in [9.17, 15) is 0 Å². The van der Waals surface area contributed by atoms with Crippen molar-refractivity contribution in [3.8, 4) is 0 Å². The predicted octanol–water partition coefficient (Wildman–Crippen LogP) is 6.33. The first-order valence-corrected chi connectivity index (χ1v) is 13.4. The molecule has 0 heterocycles. The van der Waals surface area contributed by atoms with Gasteiger partial charge in [0.2, 0.25) is 0 Å². The summed E-state index contributed by atoms with van der Waals surface area (Å²) >= 11 is 1.58.